The number of carbonyl (C=O) groups is 1. The van der Waals surface area contributed by atoms with Crippen LogP contribution in [0.1, 0.15) is 10.4 Å². The molecule has 0 atom stereocenters. The first-order valence-corrected chi connectivity index (χ1v) is 4.51. The van der Waals surface area contributed by atoms with Crippen LogP contribution in [0.3, 0.4) is 0 Å². The Labute approximate surface area is 97.9 Å². The SMILES string of the molecule is NC(=O)c1c(Cl)cc(OC(F)(F)F)cc1Cl. The van der Waals surface area contributed by atoms with Crippen LogP contribution in [0.25, 0.3) is 0 Å². The van der Waals surface area contributed by atoms with Gasteiger partial charge in [0.1, 0.15) is 5.75 Å². The summed E-state index contributed by atoms with van der Waals surface area (Å²) in [6.45, 7) is 0. The third-order valence-electron chi connectivity index (χ3n) is 1.50. The second kappa shape index (κ2) is 4.39. The van der Waals surface area contributed by atoms with Gasteiger partial charge in [0.05, 0.1) is 15.6 Å². The first kappa shape index (κ1) is 12.9. The second-order valence-corrected chi connectivity index (χ2v) is 3.49. The van der Waals surface area contributed by atoms with Crippen molar-refractivity contribution in [2.45, 2.75) is 6.36 Å². The Morgan fingerprint density at radius 3 is 2.00 bits per heavy atom. The molecule has 0 aliphatic rings. The zero-order valence-corrected chi connectivity index (χ0v) is 8.95. The molecule has 0 bridgehead atoms. The quantitative estimate of drug-likeness (QED) is 0.901. The average Bonchev–Trinajstić information content (AvgIpc) is 1.96. The van der Waals surface area contributed by atoms with Gasteiger partial charge < -0.3 is 10.5 Å². The lowest BCUT2D eigenvalue weighted by molar-refractivity contribution is -0.274. The zero-order valence-electron chi connectivity index (χ0n) is 7.44. The van der Waals surface area contributed by atoms with Gasteiger partial charge in [-0.25, -0.2) is 0 Å². The summed E-state index contributed by atoms with van der Waals surface area (Å²) in [6.07, 6.45) is -4.86. The van der Waals surface area contributed by atoms with Crippen LogP contribution < -0.4 is 10.5 Å². The fourth-order valence-electron chi connectivity index (χ4n) is 0.978. The highest BCUT2D eigenvalue weighted by atomic mass is 35.5. The number of halogens is 5. The maximum absolute atomic E-state index is 11.9. The molecule has 0 aliphatic carbocycles. The van der Waals surface area contributed by atoms with Crippen molar-refractivity contribution in [2.24, 2.45) is 5.73 Å². The lowest BCUT2D eigenvalue weighted by atomic mass is 10.2. The third-order valence-corrected chi connectivity index (χ3v) is 2.09. The maximum Gasteiger partial charge on any atom is 0.573 e. The van der Waals surface area contributed by atoms with Gasteiger partial charge in [-0.1, -0.05) is 23.2 Å². The predicted octanol–water partition coefficient (Wildman–Crippen LogP) is 2.99. The highest BCUT2D eigenvalue weighted by molar-refractivity contribution is 6.39. The van der Waals surface area contributed by atoms with E-state index >= 15 is 0 Å². The van der Waals surface area contributed by atoms with Crippen molar-refractivity contribution in [3.05, 3.63) is 27.7 Å². The van der Waals surface area contributed by atoms with Crippen molar-refractivity contribution in [3.63, 3.8) is 0 Å². The lowest BCUT2D eigenvalue weighted by Gasteiger charge is -2.11. The van der Waals surface area contributed by atoms with Crippen molar-refractivity contribution in [1.29, 1.82) is 0 Å². The van der Waals surface area contributed by atoms with Gasteiger partial charge >= 0.3 is 6.36 Å². The van der Waals surface area contributed by atoms with Gasteiger partial charge in [-0.05, 0) is 0 Å². The van der Waals surface area contributed by atoms with Gasteiger partial charge in [0.2, 0.25) is 0 Å². The number of alkyl halides is 3. The molecule has 0 aromatic heterocycles. The molecule has 0 saturated heterocycles. The van der Waals surface area contributed by atoms with E-state index in [1.165, 1.54) is 0 Å². The molecule has 0 saturated carbocycles. The van der Waals surface area contributed by atoms with Crippen LogP contribution in [0.5, 0.6) is 5.75 Å². The Morgan fingerprint density at radius 2 is 1.69 bits per heavy atom. The lowest BCUT2D eigenvalue weighted by Crippen LogP contribution is -2.18. The van der Waals surface area contributed by atoms with E-state index in [9.17, 15) is 18.0 Å². The number of ether oxygens (including phenoxy) is 1. The highest BCUT2D eigenvalue weighted by Gasteiger charge is 2.31. The maximum atomic E-state index is 11.9. The molecular weight excluding hydrogens is 270 g/mol. The minimum atomic E-state index is -4.86. The van der Waals surface area contributed by atoms with E-state index in [1.807, 2.05) is 0 Å². The monoisotopic (exact) mass is 273 g/mol. The number of primary amides is 1. The third kappa shape index (κ3) is 3.18. The molecule has 0 radical (unpaired) electrons. The predicted molar refractivity (Wildman–Crippen MR) is 51.7 cm³/mol. The molecule has 1 aromatic carbocycles. The average molecular weight is 274 g/mol. The number of nitrogens with two attached hydrogens (primary N) is 1. The van der Waals surface area contributed by atoms with Gasteiger partial charge in [-0.2, -0.15) is 0 Å². The van der Waals surface area contributed by atoms with Crippen LogP contribution in [0.2, 0.25) is 10.0 Å². The molecule has 0 aliphatic heterocycles. The largest absolute Gasteiger partial charge is 0.573 e. The summed E-state index contributed by atoms with van der Waals surface area (Å²) in [5, 5.41) is -0.612. The van der Waals surface area contributed by atoms with E-state index < -0.39 is 18.0 Å². The summed E-state index contributed by atoms with van der Waals surface area (Å²) in [5.74, 6) is -1.55. The molecule has 1 rings (SSSR count). The van der Waals surface area contributed by atoms with Crippen LogP contribution in [0.4, 0.5) is 13.2 Å². The molecule has 2 N–H and O–H groups in total. The molecule has 0 heterocycles. The number of hydrogen-bond acceptors (Lipinski definition) is 2. The van der Waals surface area contributed by atoms with Gasteiger partial charge in [-0.3, -0.25) is 4.79 Å². The molecule has 1 aromatic rings. The van der Waals surface area contributed by atoms with Crippen molar-refractivity contribution < 1.29 is 22.7 Å². The van der Waals surface area contributed by atoms with E-state index in [1.54, 1.807) is 0 Å². The molecule has 8 heteroatoms. The Morgan fingerprint density at radius 1 is 1.25 bits per heavy atom. The summed E-state index contributed by atoms with van der Waals surface area (Å²) in [7, 11) is 0. The van der Waals surface area contributed by atoms with Crippen molar-refractivity contribution in [1.82, 2.24) is 0 Å². The van der Waals surface area contributed by atoms with Crippen LogP contribution in [0.15, 0.2) is 12.1 Å². The Balaban J connectivity index is 3.15. The molecule has 0 fully saturated rings. The van der Waals surface area contributed by atoms with Crippen LogP contribution in [-0.4, -0.2) is 12.3 Å². The van der Waals surface area contributed by atoms with Crippen molar-refractivity contribution >= 4 is 29.1 Å². The smallest absolute Gasteiger partial charge is 0.406 e. The zero-order chi connectivity index (χ0) is 12.5. The fourth-order valence-corrected chi connectivity index (χ4v) is 1.63. The summed E-state index contributed by atoms with van der Waals surface area (Å²) in [6, 6.07) is 1.61. The second-order valence-electron chi connectivity index (χ2n) is 2.67. The molecule has 0 spiro atoms. The first-order valence-electron chi connectivity index (χ1n) is 3.75. The fraction of sp³-hybridized carbons (Fsp3) is 0.125. The number of amides is 1. The van der Waals surface area contributed by atoms with Crippen LogP contribution in [-0.2, 0) is 0 Å². The van der Waals surface area contributed by atoms with Crippen LogP contribution in [0, 0.1) is 0 Å². The minimum Gasteiger partial charge on any atom is -0.406 e. The van der Waals surface area contributed by atoms with E-state index in [4.69, 9.17) is 28.9 Å². The molecule has 0 unspecified atom stereocenters. The summed E-state index contributed by atoms with van der Waals surface area (Å²) < 4.78 is 39.2. The highest BCUT2D eigenvalue weighted by Crippen LogP contribution is 2.32. The van der Waals surface area contributed by atoms with Gasteiger partial charge in [0, 0.05) is 12.1 Å². The Hall–Kier alpha value is -1.14. The molecular formula is C8H4Cl2F3NO2. The van der Waals surface area contributed by atoms with Crippen LogP contribution >= 0.6 is 23.2 Å². The van der Waals surface area contributed by atoms with Crippen molar-refractivity contribution in [2.75, 3.05) is 0 Å². The summed E-state index contributed by atoms with van der Waals surface area (Å²) in [5.41, 5.74) is 4.67. The minimum absolute atomic E-state index is 0.252. The van der Waals surface area contributed by atoms with Gasteiger partial charge in [0.15, 0.2) is 0 Å². The number of benzene rings is 1. The molecule has 1 amide bonds. The summed E-state index contributed by atoms with van der Waals surface area (Å²) >= 11 is 11.1. The standard InChI is InChI=1S/C8H4Cl2F3NO2/c9-4-1-3(16-8(11,12)13)2-5(10)6(4)7(14)15/h1-2H,(H2,14,15). The Bertz CT molecular complexity index is 411. The van der Waals surface area contributed by atoms with E-state index in [0.29, 0.717) is 0 Å². The van der Waals surface area contributed by atoms with Gasteiger partial charge in [-0.15, -0.1) is 13.2 Å². The topological polar surface area (TPSA) is 52.3 Å². The molecule has 16 heavy (non-hydrogen) atoms. The van der Waals surface area contributed by atoms with E-state index in [0.717, 1.165) is 12.1 Å². The number of carbonyl (C=O) groups excluding carboxylic acids is 1. The number of hydrogen-bond donors (Lipinski definition) is 1. The molecule has 3 nitrogen and oxygen atoms in total. The summed E-state index contributed by atoms with van der Waals surface area (Å²) in [4.78, 5) is 10.8. The van der Waals surface area contributed by atoms with Crippen molar-refractivity contribution in [3.8, 4) is 5.75 Å². The van der Waals surface area contributed by atoms with E-state index in [-0.39, 0.29) is 15.6 Å². The molecule has 88 valence electrons. The van der Waals surface area contributed by atoms with E-state index in [2.05, 4.69) is 4.74 Å². The first-order chi connectivity index (χ1) is 7.20. The number of rotatable bonds is 2. The normalized spacial score (nSPS) is 11.3. The van der Waals surface area contributed by atoms with Gasteiger partial charge in [0.25, 0.3) is 5.91 Å². The Kier molecular flexibility index (Phi) is 3.54.